The molecular formula is C33H38BrF3N10O3S. The number of likely N-dealkylation sites (N-methyl/N-ethyl adjacent to an activating group) is 1. The second-order valence-electron chi connectivity index (χ2n) is 12.5. The molecule has 4 aromatic rings. The SMILES string of the molecule is C=Cc1cc(Nc2ncc(Br)c(Nc3ccc4nccnc4c3N(C)S(C)(=O)=O)n2)c(OC(F)(F)F)cc1N1CCC(N2CCN(C)CC2)CC1. The maximum Gasteiger partial charge on any atom is 0.573 e. The fourth-order valence-electron chi connectivity index (χ4n) is 6.36. The van der Waals surface area contributed by atoms with Gasteiger partial charge in [0.1, 0.15) is 17.0 Å². The van der Waals surface area contributed by atoms with E-state index in [1.165, 1.54) is 37.8 Å². The van der Waals surface area contributed by atoms with Crippen LogP contribution in [0.25, 0.3) is 17.1 Å². The van der Waals surface area contributed by atoms with Gasteiger partial charge in [-0.1, -0.05) is 12.7 Å². The fourth-order valence-corrected chi connectivity index (χ4v) is 7.17. The summed E-state index contributed by atoms with van der Waals surface area (Å²) in [5, 5.41) is 6.00. The van der Waals surface area contributed by atoms with E-state index in [4.69, 9.17) is 0 Å². The molecule has 0 aliphatic carbocycles. The van der Waals surface area contributed by atoms with Gasteiger partial charge in [-0.15, -0.1) is 13.2 Å². The predicted molar refractivity (Wildman–Crippen MR) is 197 cm³/mol. The van der Waals surface area contributed by atoms with Gasteiger partial charge in [-0.2, -0.15) is 4.98 Å². The van der Waals surface area contributed by atoms with Gasteiger partial charge in [-0.05, 0) is 59.6 Å². The molecule has 272 valence electrons. The summed E-state index contributed by atoms with van der Waals surface area (Å²) in [7, 11) is -0.208. The van der Waals surface area contributed by atoms with Crippen molar-refractivity contribution in [3.63, 3.8) is 0 Å². The van der Waals surface area contributed by atoms with Crippen molar-refractivity contribution in [2.75, 3.05) is 79.5 Å². The first-order valence-electron chi connectivity index (χ1n) is 16.2. The number of halogens is 4. The Morgan fingerprint density at radius 1 is 1.02 bits per heavy atom. The number of piperazine rings is 1. The van der Waals surface area contributed by atoms with Gasteiger partial charge >= 0.3 is 6.36 Å². The number of rotatable bonds is 10. The Kier molecular flexibility index (Phi) is 10.6. The molecule has 0 bridgehead atoms. The van der Waals surface area contributed by atoms with Crippen LogP contribution in [0.4, 0.5) is 47.7 Å². The zero-order chi connectivity index (χ0) is 36.5. The van der Waals surface area contributed by atoms with Crippen molar-refractivity contribution in [1.29, 1.82) is 0 Å². The number of nitrogens with zero attached hydrogens (tertiary/aromatic N) is 8. The first-order valence-corrected chi connectivity index (χ1v) is 18.8. The third-order valence-corrected chi connectivity index (χ3v) is 10.9. The van der Waals surface area contributed by atoms with Crippen molar-refractivity contribution >= 4 is 77.6 Å². The van der Waals surface area contributed by atoms with Crippen molar-refractivity contribution in [1.82, 2.24) is 29.7 Å². The molecule has 4 heterocycles. The smallest absolute Gasteiger partial charge is 0.403 e. The van der Waals surface area contributed by atoms with Crippen LogP contribution in [0.2, 0.25) is 0 Å². The van der Waals surface area contributed by atoms with Crippen molar-refractivity contribution in [2.45, 2.75) is 25.2 Å². The van der Waals surface area contributed by atoms with Gasteiger partial charge in [0.05, 0.1) is 27.6 Å². The maximum atomic E-state index is 13.8. The highest BCUT2D eigenvalue weighted by atomic mass is 79.9. The van der Waals surface area contributed by atoms with E-state index in [9.17, 15) is 21.6 Å². The lowest BCUT2D eigenvalue weighted by atomic mass is 10.00. The Hall–Kier alpha value is -4.26. The zero-order valence-corrected chi connectivity index (χ0v) is 30.7. The van der Waals surface area contributed by atoms with Crippen molar-refractivity contribution in [3.05, 3.63) is 59.5 Å². The molecule has 0 atom stereocenters. The number of benzene rings is 2. The molecule has 0 radical (unpaired) electrons. The predicted octanol–water partition coefficient (Wildman–Crippen LogP) is 5.82. The van der Waals surface area contributed by atoms with Gasteiger partial charge in [-0.25, -0.2) is 13.4 Å². The summed E-state index contributed by atoms with van der Waals surface area (Å²) in [5.74, 6) is -0.307. The van der Waals surface area contributed by atoms with Crippen molar-refractivity contribution < 1.29 is 26.3 Å². The molecule has 2 saturated heterocycles. The minimum atomic E-state index is -4.97. The molecule has 0 unspecified atom stereocenters. The number of alkyl halides is 3. The molecule has 2 aromatic carbocycles. The van der Waals surface area contributed by atoms with E-state index in [1.54, 1.807) is 18.2 Å². The molecule has 6 rings (SSSR count). The molecule has 2 aliphatic rings. The van der Waals surface area contributed by atoms with E-state index >= 15 is 0 Å². The average molecular weight is 792 g/mol. The first kappa shape index (κ1) is 36.5. The molecular weight excluding hydrogens is 753 g/mol. The van der Waals surface area contributed by atoms with Crippen LogP contribution in [0.3, 0.4) is 0 Å². The second kappa shape index (κ2) is 14.8. The van der Waals surface area contributed by atoms with Crippen molar-refractivity contribution in [2.24, 2.45) is 0 Å². The lowest BCUT2D eigenvalue weighted by Crippen LogP contribution is -2.52. The van der Waals surface area contributed by atoms with Crippen LogP contribution < -0.4 is 24.6 Å². The van der Waals surface area contributed by atoms with Crippen LogP contribution >= 0.6 is 15.9 Å². The third kappa shape index (κ3) is 8.45. The minimum absolute atomic E-state index is 0.0231. The molecule has 2 aliphatic heterocycles. The van der Waals surface area contributed by atoms with E-state index in [-0.39, 0.29) is 23.1 Å². The first-order chi connectivity index (χ1) is 24.2. The molecule has 0 saturated carbocycles. The monoisotopic (exact) mass is 790 g/mol. The molecule has 2 aromatic heterocycles. The summed E-state index contributed by atoms with van der Waals surface area (Å²) in [4.78, 5) is 24.3. The average Bonchev–Trinajstić information content (AvgIpc) is 3.09. The number of ether oxygens (including phenoxy) is 1. The Bertz CT molecular complexity index is 2020. The summed E-state index contributed by atoms with van der Waals surface area (Å²) in [5.41, 5.74) is 2.54. The number of fused-ring (bicyclic) bond motifs is 1. The Balaban J connectivity index is 1.29. The minimum Gasteiger partial charge on any atom is -0.403 e. The summed E-state index contributed by atoms with van der Waals surface area (Å²) in [6.07, 6.45) is 3.85. The van der Waals surface area contributed by atoms with Gasteiger partial charge in [0.25, 0.3) is 0 Å². The lowest BCUT2D eigenvalue weighted by Gasteiger charge is -2.43. The highest BCUT2D eigenvalue weighted by Gasteiger charge is 2.34. The van der Waals surface area contributed by atoms with Gasteiger partial charge < -0.3 is 25.2 Å². The molecule has 18 heteroatoms. The topological polar surface area (TPSA) is 132 Å². The fraction of sp³-hybridized carbons (Fsp3) is 0.394. The maximum absolute atomic E-state index is 13.8. The Labute approximate surface area is 302 Å². The molecule has 0 amide bonds. The van der Waals surface area contributed by atoms with Gasteiger partial charge in [0, 0.05) is 82.7 Å². The molecule has 0 spiro atoms. The van der Waals surface area contributed by atoms with E-state index in [0.717, 1.165) is 49.6 Å². The standard InChI is InChI=1S/C33H38BrF3N10O3S/c1-5-21-18-26(28(50-33(35,36)37)19-27(21)47-12-8-22(9-13-47)46-16-14-44(2)15-17-46)42-32-40-20-23(34)31(43-32)41-25-7-6-24-29(39-11-10-38-24)30(25)45(3)51(4,48)49/h5-7,10-11,18-20,22H,1,8-9,12-17H2,2-4H3,(H2,40,41,42,43). The largest absolute Gasteiger partial charge is 0.573 e. The zero-order valence-electron chi connectivity index (χ0n) is 28.3. The number of nitrogens with one attached hydrogen (secondary N) is 2. The number of hydrogen-bond acceptors (Lipinski definition) is 12. The Morgan fingerprint density at radius 2 is 1.73 bits per heavy atom. The van der Waals surface area contributed by atoms with Crippen LogP contribution in [0, 0.1) is 0 Å². The molecule has 2 fully saturated rings. The molecule has 13 nitrogen and oxygen atoms in total. The highest BCUT2D eigenvalue weighted by molar-refractivity contribution is 9.10. The van der Waals surface area contributed by atoms with Gasteiger partial charge in [0.15, 0.2) is 5.75 Å². The van der Waals surface area contributed by atoms with E-state index < -0.39 is 22.1 Å². The Morgan fingerprint density at radius 3 is 2.39 bits per heavy atom. The van der Waals surface area contributed by atoms with Crippen LogP contribution in [-0.2, 0) is 10.0 Å². The quantitative estimate of drug-likeness (QED) is 0.201. The van der Waals surface area contributed by atoms with Gasteiger partial charge in [0.2, 0.25) is 16.0 Å². The van der Waals surface area contributed by atoms with Crippen molar-refractivity contribution in [3.8, 4) is 5.75 Å². The number of anilines is 6. The van der Waals surface area contributed by atoms with E-state index in [1.807, 2.05) is 0 Å². The summed E-state index contributed by atoms with van der Waals surface area (Å²) in [6, 6.07) is 6.65. The van der Waals surface area contributed by atoms with Crippen LogP contribution in [0.1, 0.15) is 18.4 Å². The molecule has 51 heavy (non-hydrogen) atoms. The van der Waals surface area contributed by atoms with E-state index in [0.29, 0.717) is 51.6 Å². The number of hydrogen-bond donors (Lipinski definition) is 2. The summed E-state index contributed by atoms with van der Waals surface area (Å²) in [6.45, 7) is 9.35. The normalized spacial score (nSPS) is 16.6. The number of aromatic nitrogens is 4. The number of sulfonamides is 1. The van der Waals surface area contributed by atoms with Crippen LogP contribution in [-0.4, -0.2) is 110 Å². The lowest BCUT2D eigenvalue weighted by molar-refractivity contribution is -0.274. The second-order valence-corrected chi connectivity index (χ2v) is 15.3. The van der Waals surface area contributed by atoms with Crippen LogP contribution in [0.15, 0.2) is 53.9 Å². The summed E-state index contributed by atoms with van der Waals surface area (Å²) < 4.78 is 72.5. The third-order valence-electron chi connectivity index (χ3n) is 9.10. The highest BCUT2D eigenvalue weighted by Crippen LogP contribution is 2.41. The molecule has 2 N–H and O–H groups in total. The van der Waals surface area contributed by atoms with Gasteiger partial charge in [-0.3, -0.25) is 19.2 Å². The summed E-state index contributed by atoms with van der Waals surface area (Å²) >= 11 is 3.41. The number of piperidine rings is 1. The van der Waals surface area contributed by atoms with E-state index in [2.05, 4.69) is 79.6 Å². The van der Waals surface area contributed by atoms with Crippen LogP contribution in [0.5, 0.6) is 5.75 Å².